The lowest BCUT2D eigenvalue weighted by molar-refractivity contribution is -0.123. The summed E-state index contributed by atoms with van der Waals surface area (Å²) in [5, 5.41) is 4.41. The van der Waals surface area contributed by atoms with E-state index in [2.05, 4.69) is 15.5 Å². The molecule has 0 saturated carbocycles. The van der Waals surface area contributed by atoms with E-state index in [0.29, 0.717) is 22.4 Å². The number of ether oxygens (including phenoxy) is 2. The van der Waals surface area contributed by atoms with Crippen molar-refractivity contribution in [3.63, 3.8) is 0 Å². The largest absolute Gasteiger partial charge is 0.493 e. The van der Waals surface area contributed by atoms with E-state index in [1.807, 2.05) is 0 Å². The number of methoxy groups -OCH3 is 2. The van der Waals surface area contributed by atoms with Crippen LogP contribution in [0.15, 0.2) is 58.7 Å². The first-order valence-electron chi connectivity index (χ1n) is 8.56. The third-order valence-electron chi connectivity index (χ3n) is 4.28. The number of para-hydroxylation sites is 1. The van der Waals surface area contributed by atoms with Gasteiger partial charge in [-0.05, 0) is 42.8 Å². The molecule has 0 aliphatic rings. The number of benzene rings is 2. The van der Waals surface area contributed by atoms with E-state index in [1.54, 1.807) is 56.5 Å². The van der Waals surface area contributed by atoms with E-state index in [-0.39, 0.29) is 5.56 Å². The van der Waals surface area contributed by atoms with Crippen molar-refractivity contribution in [1.29, 1.82) is 0 Å². The molecule has 0 bridgehead atoms. The van der Waals surface area contributed by atoms with E-state index in [0.717, 1.165) is 5.56 Å². The van der Waals surface area contributed by atoms with E-state index < -0.39 is 11.9 Å². The fourth-order valence-corrected chi connectivity index (χ4v) is 2.68. The second-order valence-corrected chi connectivity index (χ2v) is 6.00. The standard InChI is InChI=1S/C20H20N4O4/c1-13(24-12-21-16-7-5-4-6-15(16)20(24)26)19(25)23-22-11-14-8-9-17(27-2)18(10-14)28-3/h4-13H,1-3H3,(H,23,25)/b22-11+/t13-/m1/s1. The summed E-state index contributed by atoms with van der Waals surface area (Å²) < 4.78 is 11.7. The Morgan fingerprint density at radius 3 is 2.68 bits per heavy atom. The number of aromatic nitrogens is 2. The molecule has 3 aromatic rings. The van der Waals surface area contributed by atoms with Gasteiger partial charge in [0.1, 0.15) is 6.04 Å². The average Bonchev–Trinajstić information content (AvgIpc) is 2.73. The van der Waals surface area contributed by atoms with Crippen LogP contribution in [0.3, 0.4) is 0 Å². The Morgan fingerprint density at radius 2 is 1.93 bits per heavy atom. The Hall–Kier alpha value is -3.68. The molecule has 144 valence electrons. The zero-order chi connectivity index (χ0) is 20.1. The third-order valence-corrected chi connectivity index (χ3v) is 4.28. The zero-order valence-corrected chi connectivity index (χ0v) is 15.7. The summed E-state index contributed by atoms with van der Waals surface area (Å²) in [5.74, 6) is 0.719. The lowest BCUT2D eigenvalue weighted by atomic mass is 10.2. The van der Waals surface area contributed by atoms with Gasteiger partial charge in [0.05, 0.1) is 37.7 Å². The fraction of sp³-hybridized carbons (Fsp3) is 0.200. The number of hydrogen-bond donors (Lipinski definition) is 1. The molecule has 1 N–H and O–H groups in total. The Labute approximate surface area is 161 Å². The first kappa shape index (κ1) is 19.1. The SMILES string of the molecule is COc1ccc(/C=N/NC(=O)[C@@H](C)n2cnc3ccccc3c2=O)cc1OC. The molecule has 0 radical (unpaired) electrons. The van der Waals surface area contributed by atoms with Crippen molar-refractivity contribution in [3.8, 4) is 11.5 Å². The van der Waals surface area contributed by atoms with Crippen LogP contribution in [0.25, 0.3) is 10.9 Å². The molecule has 8 heteroatoms. The summed E-state index contributed by atoms with van der Waals surface area (Å²) in [6.07, 6.45) is 2.85. The second-order valence-electron chi connectivity index (χ2n) is 6.00. The molecular weight excluding hydrogens is 360 g/mol. The predicted molar refractivity (Wildman–Crippen MR) is 106 cm³/mol. The minimum absolute atomic E-state index is 0.280. The molecule has 1 aromatic heterocycles. The summed E-state index contributed by atoms with van der Waals surface area (Å²) in [5.41, 5.74) is 3.46. The molecule has 2 aromatic carbocycles. The number of nitrogens with one attached hydrogen (secondary N) is 1. The van der Waals surface area contributed by atoms with Crippen LogP contribution < -0.4 is 20.5 Å². The Morgan fingerprint density at radius 1 is 1.18 bits per heavy atom. The van der Waals surface area contributed by atoms with Crippen LogP contribution in [0.4, 0.5) is 0 Å². The molecule has 0 aliphatic heterocycles. The minimum Gasteiger partial charge on any atom is -0.493 e. The van der Waals surface area contributed by atoms with Crippen LogP contribution in [0.2, 0.25) is 0 Å². The van der Waals surface area contributed by atoms with Crippen molar-refractivity contribution >= 4 is 23.0 Å². The van der Waals surface area contributed by atoms with Crippen molar-refractivity contribution in [2.24, 2.45) is 5.10 Å². The van der Waals surface area contributed by atoms with Gasteiger partial charge in [0, 0.05) is 0 Å². The van der Waals surface area contributed by atoms with Crippen LogP contribution in [0, 0.1) is 0 Å². The first-order chi connectivity index (χ1) is 13.5. The summed E-state index contributed by atoms with van der Waals surface area (Å²) in [4.78, 5) is 29.2. The van der Waals surface area contributed by atoms with Crippen molar-refractivity contribution < 1.29 is 14.3 Å². The number of hydrogen-bond acceptors (Lipinski definition) is 6. The number of carbonyl (C=O) groups is 1. The highest BCUT2D eigenvalue weighted by Crippen LogP contribution is 2.26. The van der Waals surface area contributed by atoms with Crippen LogP contribution in [-0.2, 0) is 4.79 Å². The van der Waals surface area contributed by atoms with Gasteiger partial charge < -0.3 is 9.47 Å². The van der Waals surface area contributed by atoms with Gasteiger partial charge in [-0.25, -0.2) is 10.4 Å². The quantitative estimate of drug-likeness (QED) is 0.522. The summed E-state index contributed by atoms with van der Waals surface area (Å²) in [7, 11) is 3.09. The molecular formula is C20H20N4O4. The molecule has 0 saturated heterocycles. The highest BCUT2D eigenvalue weighted by molar-refractivity contribution is 5.85. The Balaban J connectivity index is 1.74. The van der Waals surface area contributed by atoms with Gasteiger partial charge in [-0.1, -0.05) is 12.1 Å². The van der Waals surface area contributed by atoms with Crippen LogP contribution in [0.1, 0.15) is 18.5 Å². The third kappa shape index (κ3) is 3.85. The van der Waals surface area contributed by atoms with Gasteiger partial charge in [-0.3, -0.25) is 14.2 Å². The van der Waals surface area contributed by atoms with Crippen LogP contribution >= 0.6 is 0 Å². The fourth-order valence-electron chi connectivity index (χ4n) is 2.68. The molecule has 1 heterocycles. The Bertz CT molecular complexity index is 1090. The predicted octanol–water partition coefficient (Wildman–Crippen LogP) is 2.12. The molecule has 28 heavy (non-hydrogen) atoms. The number of hydrazone groups is 1. The maximum atomic E-state index is 12.6. The highest BCUT2D eigenvalue weighted by Gasteiger charge is 2.17. The molecule has 0 aliphatic carbocycles. The normalized spacial score (nSPS) is 12.1. The first-order valence-corrected chi connectivity index (χ1v) is 8.56. The van der Waals surface area contributed by atoms with E-state index in [1.165, 1.54) is 24.2 Å². The topological polar surface area (TPSA) is 94.8 Å². The summed E-state index contributed by atoms with van der Waals surface area (Å²) >= 11 is 0. The molecule has 3 rings (SSSR count). The van der Waals surface area contributed by atoms with Crippen molar-refractivity contribution in [1.82, 2.24) is 15.0 Å². The van der Waals surface area contributed by atoms with Gasteiger partial charge >= 0.3 is 0 Å². The average molecular weight is 380 g/mol. The molecule has 0 spiro atoms. The molecule has 0 fully saturated rings. The van der Waals surface area contributed by atoms with Crippen molar-refractivity contribution in [2.75, 3.05) is 14.2 Å². The zero-order valence-electron chi connectivity index (χ0n) is 15.7. The van der Waals surface area contributed by atoms with Crippen LogP contribution in [0.5, 0.6) is 11.5 Å². The lowest BCUT2D eigenvalue weighted by Gasteiger charge is -2.13. The van der Waals surface area contributed by atoms with Gasteiger partial charge in [0.2, 0.25) is 0 Å². The van der Waals surface area contributed by atoms with E-state index >= 15 is 0 Å². The maximum Gasteiger partial charge on any atom is 0.262 e. The number of nitrogens with zero attached hydrogens (tertiary/aromatic N) is 3. The lowest BCUT2D eigenvalue weighted by Crippen LogP contribution is -2.33. The smallest absolute Gasteiger partial charge is 0.262 e. The minimum atomic E-state index is -0.771. The number of fused-ring (bicyclic) bond motifs is 1. The second kappa shape index (κ2) is 8.34. The number of carbonyl (C=O) groups excluding carboxylic acids is 1. The molecule has 8 nitrogen and oxygen atoms in total. The molecule has 1 atom stereocenters. The van der Waals surface area contributed by atoms with Crippen molar-refractivity contribution in [3.05, 3.63) is 64.7 Å². The highest BCUT2D eigenvalue weighted by atomic mass is 16.5. The van der Waals surface area contributed by atoms with E-state index in [9.17, 15) is 9.59 Å². The van der Waals surface area contributed by atoms with E-state index in [4.69, 9.17) is 9.47 Å². The van der Waals surface area contributed by atoms with Gasteiger partial charge in [0.15, 0.2) is 11.5 Å². The van der Waals surface area contributed by atoms with Gasteiger partial charge in [0.25, 0.3) is 11.5 Å². The summed E-state index contributed by atoms with van der Waals surface area (Å²) in [6.45, 7) is 1.61. The van der Waals surface area contributed by atoms with Crippen LogP contribution in [-0.4, -0.2) is 35.9 Å². The number of amides is 1. The number of rotatable bonds is 6. The van der Waals surface area contributed by atoms with Gasteiger partial charge in [-0.15, -0.1) is 0 Å². The summed E-state index contributed by atoms with van der Waals surface area (Å²) in [6, 6.07) is 11.5. The van der Waals surface area contributed by atoms with Crippen molar-refractivity contribution in [2.45, 2.75) is 13.0 Å². The Kier molecular flexibility index (Phi) is 5.69. The molecule has 0 unspecified atom stereocenters. The monoisotopic (exact) mass is 380 g/mol. The maximum absolute atomic E-state index is 12.6. The molecule has 1 amide bonds. The van der Waals surface area contributed by atoms with Gasteiger partial charge in [-0.2, -0.15) is 5.10 Å².